The minimum Gasteiger partial charge on any atom is -0.320 e. The van der Waals surface area contributed by atoms with E-state index in [1.54, 1.807) is 30.3 Å². The summed E-state index contributed by atoms with van der Waals surface area (Å²) in [4.78, 5) is 1.14. The van der Waals surface area contributed by atoms with E-state index in [1.165, 1.54) is 17.6 Å². The first kappa shape index (κ1) is 15.0. The third-order valence-corrected chi connectivity index (χ3v) is 6.28. The van der Waals surface area contributed by atoms with Gasteiger partial charge in [0, 0.05) is 11.1 Å². The number of halogens is 2. The van der Waals surface area contributed by atoms with Gasteiger partial charge in [-0.3, -0.25) is 0 Å². The van der Waals surface area contributed by atoms with E-state index in [-0.39, 0.29) is 4.90 Å². The molecular weight excluding hydrogens is 370 g/mol. The van der Waals surface area contributed by atoms with Gasteiger partial charge in [-0.15, -0.1) is 11.3 Å². The molecule has 0 fully saturated rings. The van der Waals surface area contributed by atoms with E-state index in [1.807, 2.05) is 0 Å². The molecule has 0 aliphatic carbocycles. The molecule has 0 radical (unpaired) electrons. The average molecular weight is 381 g/mol. The Kier molecular flexibility index (Phi) is 4.37. The zero-order chi connectivity index (χ0) is 14.2. The summed E-state index contributed by atoms with van der Waals surface area (Å²) < 4.78 is 23.9. The topological polar surface area (TPSA) is 60.2 Å². The molecule has 0 aliphatic rings. The third-order valence-electron chi connectivity index (χ3n) is 2.62. The average Bonchev–Trinajstić information content (AvgIpc) is 2.68. The van der Waals surface area contributed by atoms with Crippen LogP contribution < -0.4 is 5.73 Å². The molecule has 1 heterocycles. The molecule has 102 valence electrons. The van der Waals surface area contributed by atoms with Gasteiger partial charge in [0.15, 0.2) is 9.84 Å². The summed E-state index contributed by atoms with van der Waals surface area (Å²) in [5.41, 5.74) is 6.89. The number of thiophene rings is 1. The van der Waals surface area contributed by atoms with Crippen molar-refractivity contribution in [1.82, 2.24) is 0 Å². The van der Waals surface area contributed by atoms with Crippen LogP contribution in [0.3, 0.4) is 0 Å². The van der Waals surface area contributed by atoms with Gasteiger partial charge in [0.1, 0.15) is 0 Å². The van der Waals surface area contributed by atoms with Gasteiger partial charge in [0.2, 0.25) is 0 Å². The van der Waals surface area contributed by atoms with Gasteiger partial charge >= 0.3 is 0 Å². The number of hydrogen-bond acceptors (Lipinski definition) is 4. The molecule has 1 unspecified atom stereocenters. The number of hydrogen-bond donors (Lipinski definition) is 1. The van der Waals surface area contributed by atoms with Gasteiger partial charge < -0.3 is 5.73 Å². The Bertz CT molecular complexity index is 693. The largest absolute Gasteiger partial charge is 0.320 e. The summed E-state index contributed by atoms with van der Waals surface area (Å²) in [7, 11) is -3.23. The predicted molar refractivity (Wildman–Crippen MR) is 82.6 cm³/mol. The minimum absolute atomic E-state index is 0.266. The van der Waals surface area contributed by atoms with Gasteiger partial charge in [-0.25, -0.2) is 8.42 Å². The second-order valence-corrected chi connectivity index (χ2v) is 8.92. The Morgan fingerprint density at radius 1 is 1.37 bits per heavy atom. The van der Waals surface area contributed by atoms with Gasteiger partial charge in [-0.05, 0) is 39.7 Å². The highest BCUT2D eigenvalue weighted by Gasteiger charge is 2.16. The lowest BCUT2D eigenvalue weighted by Gasteiger charge is -2.11. The minimum atomic E-state index is -3.23. The van der Waals surface area contributed by atoms with Gasteiger partial charge in [0.05, 0.1) is 19.7 Å². The van der Waals surface area contributed by atoms with Crippen molar-refractivity contribution >= 4 is 48.7 Å². The highest BCUT2D eigenvalue weighted by molar-refractivity contribution is 9.11. The molecule has 1 aromatic carbocycles. The maximum atomic E-state index is 11.5. The van der Waals surface area contributed by atoms with Crippen molar-refractivity contribution in [1.29, 1.82) is 0 Å². The lowest BCUT2D eigenvalue weighted by Crippen LogP contribution is -2.11. The van der Waals surface area contributed by atoms with Crippen LogP contribution in [0.15, 0.2) is 39.0 Å². The van der Waals surface area contributed by atoms with E-state index in [0.29, 0.717) is 5.02 Å². The number of nitrogens with two attached hydrogens (primary N) is 1. The zero-order valence-electron chi connectivity index (χ0n) is 9.93. The monoisotopic (exact) mass is 379 g/mol. The Labute approximate surface area is 129 Å². The molecule has 0 amide bonds. The van der Waals surface area contributed by atoms with Crippen LogP contribution in [0.25, 0.3) is 0 Å². The standard InChI is InChI=1S/C12H11BrClNO2S2/c1-19(16,17)8-4-2-3-7(5-8)11(15)10-6-9(14)12(13)18-10/h2-6,11H,15H2,1H3. The second-order valence-electron chi connectivity index (χ2n) is 4.09. The summed E-state index contributed by atoms with van der Waals surface area (Å²) in [6, 6.07) is 8.05. The predicted octanol–water partition coefficient (Wildman–Crippen LogP) is 3.62. The van der Waals surface area contributed by atoms with Crippen LogP contribution in [0.2, 0.25) is 5.02 Å². The fourth-order valence-corrected chi connectivity index (χ4v) is 4.07. The maximum absolute atomic E-state index is 11.5. The van der Waals surface area contributed by atoms with Crippen LogP contribution >= 0.6 is 38.9 Å². The number of benzene rings is 1. The fourth-order valence-electron chi connectivity index (χ4n) is 1.62. The van der Waals surface area contributed by atoms with E-state index >= 15 is 0 Å². The molecule has 19 heavy (non-hydrogen) atoms. The lowest BCUT2D eigenvalue weighted by atomic mass is 10.1. The van der Waals surface area contributed by atoms with Crippen LogP contribution in [-0.4, -0.2) is 14.7 Å². The molecular formula is C12H11BrClNO2S2. The van der Waals surface area contributed by atoms with Crippen LogP contribution in [0.1, 0.15) is 16.5 Å². The molecule has 2 N–H and O–H groups in total. The second kappa shape index (κ2) is 5.54. The molecule has 0 bridgehead atoms. The van der Waals surface area contributed by atoms with Crippen LogP contribution in [-0.2, 0) is 9.84 Å². The summed E-state index contributed by atoms with van der Waals surface area (Å²) >= 11 is 10.8. The van der Waals surface area contributed by atoms with Crippen molar-refractivity contribution in [2.75, 3.05) is 6.26 Å². The van der Waals surface area contributed by atoms with Crippen molar-refractivity contribution in [3.63, 3.8) is 0 Å². The Morgan fingerprint density at radius 2 is 2.05 bits per heavy atom. The highest BCUT2D eigenvalue weighted by Crippen LogP contribution is 2.36. The molecule has 0 saturated carbocycles. The quantitative estimate of drug-likeness (QED) is 0.884. The molecule has 3 nitrogen and oxygen atoms in total. The van der Waals surface area contributed by atoms with Gasteiger partial charge in [-0.1, -0.05) is 23.7 Å². The first-order chi connectivity index (χ1) is 8.79. The van der Waals surface area contributed by atoms with Crippen molar-refractivity contribution < 1.29 is 8.42 Å². The molecule has 0 aliphatic heterocycles. The Hall–Kier alpha value is -0.400. The lowest BCUT2D eigenvalue weighted by molar-refractivity contribution is 0.601. The van der Waals surface area contributed by atoms with E-state index in [9.17, 15) is 8.42 Å². The van der Waals surface area contributed by atoms with Crippen molar-refractivity contribution in [2.45, 2.75) is 10.9 Å². The van der Waals surface area contributed by atoms with E-state index in [4.69, 9.17) is 17.3 Å². The normalized spacial score (nSPS) is 13.5. The Balaban J connectivity index is 2.42. The molecule has 1 atom stereocenters. The first-order valence-corrected chi connectivity index (χ1v) is 9.17. The Morgan fingerprint density at radius 3 is 2.58 bits per heavy atom. The molecule has 7 heteroatoms. The van der Waals surface area contributed by atoms with E-state index in [0.717, 1.165) is 14.2 Å². The van der Waals surface area contributed by atoms with Crippen LogP contribution in [0.5, 0.6) is 0 Å². The molecule has 0 saturated heterocycles. The van der Waals surface area contributed by atoms with Crippen LogP contribution in [0, 0.1) is 0 Å². The first-order valence-electron chi connectivity index (χ1n) is 5.29. The zero-order valence-corrected chi connectivity index (χ0v) is 13.9. The van der Waals surface area contributed by atoms with Crippen molar-refractivity contribution in [3.8, 4) is 0 Å². The van der Waals surface area contributed by atoms with Gasteiger partial charge in [-0.2, -0.15) is 0 Å². The molecule has 2 rings (SSSR count). The van der Waals surface area contributed by atoms with Crippen molar-refractivity contribution in [2.24, 2.45) is 5.73 Å². The number of sulfone groups is 1. The molecule has 0 spiro atoms. The molecule has 1 aromatic heterocycles. The third kappa shape index (κ3) is 3.38. The summed E-state index contributed by atoms with van der Waals surface area (Å²) in [6.45, 7) is 0. The smallest absolute Gasteiger partial charge is 0.175 e. The van der Waals surface area contributed by atoms with E-state index < -0.39 is 15.9 Å². The maximum Gasteiger partial charge on any atom is 0.175 e. The summed E-state index contributed by atoms with van der Waals surface area (Å²) in [5.74, 6) is 0. The summed E-state index contributed by atoms with van der Waals surface area (Å²) in [6.07, 6.45) is 1.18. The SMILES string of the molecule is CS(=O)(=O)c1cccc(C(N)c2cc(Cl)c(Br)s2)c1. The summed E-state index contributed by atoms with van der Waals surface area (Å²) in [5, 5.41) is 0.606. The fraction of sp³-hybridized carbons (Fsp3) is 0.167. The van der Waals surface area contributed by atoms with E-state index in [2.05, 4.69) is 15.9 Å². The van der Waals surface area contributed by atoms with Crippen molar-refractivity contribution in [3.05, 3.63) is 49.6 Å². The highest BCUT2D eigenvalue weighted by atomic mass is 79.9. The number of rotatable bonds is 3. The van der Waals surface area contributed by atoms with Gasteiger partial charge in [0.25, 0.3) is 0 Å². The van der Waals surface area contributed by atoms with Crippen LogP contribution in [0.4, 0.5) is 0 Å². The molecule has 2 aromatic rings.